The lowest BCUT2D eigenvalue weighted by atomic mass is 10.1. The van der Waals surface area contributed by atoms with Crippen LogP contribution in [0.5, 0.6) is 0 Å². The Balaban J connectivity index is 2.30. The number of nitrogens with zero attached hydrogens (tertiary/aromatic N) is 4. The van der Waals surface area contributed by atoms with Gasteiger partial charge in [-0.05, 0) is 36.6 Å². The van der Waals surface area contributed by atoms with Gasteiger partial charge in [0, 0.05) is 18.8 Å². The molecule has 2 rings (SSSR count). The summed E-state index contributed by atoms with van der Waals surface area (Å²) in [6.07, 6.45) is 3.92. The smallest absolute Gasteiger partial charge is 0.163 e. The van der Waals surface area contributed by atoms with Crippen molar-refractivity contribution in [3.8, 4) is 12.1 Å². The number of aromatic nitrogens is 2. The lowest BCUT2D eigenvalue weighted by Gasteiger charge is -2.23. The molecule has 128 valence electrons. The van der Waals surface area contributed by atoms with Gasteiger partial charge in [0.1, 0.15) is 17.7 Å². The zero-order chi connectivity index (χ0) is 18.2. The van der Waals surface area contributed by atoms with E-state index in [4.69, 9.17) is 11.0 Å². The van der Waals surface area contributed by atoms with Gasteiger partial charge in [0.2, 0.25) is 0 Å². The quantitative estimate of drug-likeness (QED) is 0.753. The van der Waals surface area contributed by atoms with E-state index in [1.807, 2.05) is 18.2 Å². The fourth-order valence-corrected chi connectivity index (χ4v) is 2.68. The summed E-state index contributed by atoms with van der Waals surface area (Å²) in [6, 6.07) is 12.1. The Bertz CT molecular complexity index is 811. The molecule has 0 saturated carbocycles. The second-order valence-corrected chi connectivity index (χ2v) is 5.72. The Morgan fingerprint density at radius 2 is 1.84 bits per heavy atom. The van der Waals surface area contributed by atoms with Crippen molar-refractivity contribution in [1.29, 1.82) is 10.5 Å². The average molecular weight is 334 g/mol. The molecule has 0 unspecified atom stereocenters. The molecule has 0 atom stereocenters. The maximum absolute atomic E-state index is 9.43. The van der Waals surface area contributed by atoms with Gasteiger partial charge in [0.05, 0.1) is 11.3 Å². The van der Waals surface area contributed by atoms with Crippen LogP contribution in [0, 0.1) is 22.7 Å². The minimum atomic E-state index is 0.101. The number of allylic oxidation sites excluding steroid dienone is 1. The molecule has 0 bridgehead atoms. The number of anilines is 2. The number of nitrogens with two attached hydrogens (primary N) is 1. The van der Waals surface area contributed by atoms with Crippen molar-refractivity contribution in [1.82, 2.24) is 10.2 Å². The monoisotopic (exact) mass is 334 g/mol. The first-order valence-corrected chi connectivity index (χ1v) is 8.35. The van der Waals surface area contributed by atoms with Crippen molar-refractivity contribution in [3.05, 3.63) is 41.1 Å². The highest BCUT2D eigenvalue weighted by molar-refractivity contribution is 5.91. The minimum Gasteiger partial charge on any atom is -0.381 e. The Morgan fingerprint density at radius 3 is 2.36 bits per heavy atom. The van der Waals surface area contributed by atoms with Crippen LogP contribution in [0.25, 0.3) is 11.6 Å². The van der Waals surface area contributed by atoms with E-state index < -0.39 is 0 Å². The zero-order valence-electron chi connectivity index (χ0n) is 14.6. The molecular formula is C19H22N6. The summed E-state index contributed by atoms with van der Waals surface area (Å²) in [5, 5.41) is 25.1. The third-order valence-electron chi connectivity index (χ3n) is 3.85. The van der Waals surface area contributed by atoms with Gasteiger partial charge in [-0.1, -0.05) is 26.0 Å². The van der Waals surface area contributed by atoms with Crippen molar-refractivity contribution in [2.75, 3.05) is 23.7 Å². The first-order chi connectivity index (χ1) is 12.1. The van der Waals surface area contributed by atoms with Crippen LogP contribution in [0.2, 0.25) is 0 Å². The summed E-state index contributed by atoms with van der Waals surface area (Å²) >= 11 is 0. The van der Waals surface area contributed by atoms with Crippen LogP contribution in [-0.2, 0) is 0 Å². The largest absolute Gasteiger partial charge is 0.381 e. The molecule has 0 saturated heterocycles. The predicted molar refractivity (Wildman–Crippen MR) is 100 cm³/mol. The number of nitriles is 2. The van der Waals surface area contributed by atoms with Gasteiger partial charge in [-0.2, -0.15) is 15.6 Å². The van der Waals surface area contributed by atoms with E-state index in [0.29, 0.717) is 11.3 Å². The fourth-order valence-electron chi connectivity index (χ4n) is 2.68. The molecule has 0 amide bonds. The highest BCUT2D eigenvalue weighted by Crippen LogP contribution is 2.23. The molecule has 0 aliphatic rings. The van der Waals surface area contributed by atoms with E-state index in [0.717, 1.165) is 31.5 Å². The molecule has 0 aliphatic carbocycles. The Hall–Kier alpha value is -3.25. The van der Waals surface area contributed by atoms with Gasteiger partial charge in [-0.15, -0.1) is 0 Å². The number of H-pyrrole nitrogens is 1. The number of nitrogens with one attached hydrogen (secondary N) is 1. The lowest BCUT2D eigenvalue weighted by molar-refractivity contribution is 0.745. The number of benzene rings is 1. The summed E-state index contributed by atoms with van der Waals surface area (Å²) in [5.74, 6) is 0.101. The van der Waals surface area contributed by atoms with Crippen LogP contribution in [0.3, 0.4) is 0 Å². The van der Waals surface area contributed by atoms with Crippen molar-refractivity contribution in [3.63, 3.8) is 0 Å². The maximum Gasteiger partial charge on any atom is 0.163 e. The van der Waals surface area contributed by atoms with E-state index in [2.05, 4.69) is 47.1 Å². The van der Waals surface area contributed by atoms with Crippen LogP contribution in [-0.4, -0.2) is 23.3 Å². The summed E-state index contributed by atoms with van der Waals surface area (Å²) in [6.45, 7) is 6.38. The number of hydrogen-bond acceptors (Lipinski definition) is 5. The van der Waals surface area contributed by atoms with Gasteiger partial charge in [-0.3, -0.25) is 5.10 Å². The van der Waals surface area contributed by atoms with E-state index in [1.54, 1.807) is 6.08 Å². The zero-order valence-corrected chi connectivity index (χ0v) is 14.6. The van der Waals surface area contributed by atoms with Gasteiger partial charge < -0.3 is 10.6 Å². The molecule has 6 nitrogen and oxygen atoms in total. The molecule has 1 aromatic carbocycles. The van der Waals surface area contributed by atoms with Crippen molar-refractivity contribution < 1.29 is 0 Å². The highest BCUT2D eigenvalue weighted by atomic mass is 15.2. The van der Waals surface area contributed by atoms with E-state index in [-0.39, 0.29) is 11.4 Å². The summed E-state index contributed by atoms with van der Waals surface area (Å²) in [7, 11) is 0. The first-order valence-electron chi connectivity index (χ1n) is 8.35. The first kappa shape index (κ1) is 18.1. The molecular weight excluding hydrogens is 312 g/mol. The summed E-state index contributed by atoms with van der Waals surface area (Å²) in [5.41, 5.74) is 8.56. The van der Waals surface area contributed by atoms with Gasteiger partial charge in [0.15, 0.2) is 5.82 Å². The fraction of sp³-hybridized carbons (Fsp3) is 0.316. The Kier molecular flexibility index (Phi) is 6.20. The SMILES string of the molecule is CCCN(CCC)c1ccc(C=C(C#N)c2[nH]nc(N)c2C#N)cc1. The number of rotatable bonds is 7. The van der Waals surface area contributed by atoms with Gasteiger partial charge >= 0.3 is 0 Å². The molecule has 6 heteroatoms. The number of aromatic amines is 1. The van der Waals surface area contributed by atoms with Crippen molar-refractivity contribution in [2.24, 2.45) is 0 Å². The highest BCUT2D eigenvalue weighted by Gasteiger charge is 2.14. The summed E-state index contributed by atoms with van der Waals surface area (Å²) in [4.78, 5) is 2.35. The summed E-state index contributed by atoms with van der Waals surface area (Å²) < 4.78 is 0. The third-order valence-corrected chi connectivity index (χ3v) is 3.85. The molecule has 25 heavy (non-hydrogen) atoms. The van der Waals surface area contributed by atoms with Gasteiger partial charge in [0.25, 0.3) is 0 Å². The van der Waals surface area contributed by atoms with Crippen LogP contribution in [0.15, 0.2) is 24.3 Å². The maximum atomic E-state index is 9.43. The van der Waals surface area contributed by atoms with Crippen molar-refractivity contribution >= 4 is 23.2 Å². The molecule has 1 aromatic heterocycles. The standard InChI is InChI=1S/C19H22N6/c1-3-9-25(10-4-2)16-7-5-14(6-8-16)11-15(12-20)18-17(13-21)19(22)24-23-18/h5-8,11H,3-4,9-10H2,1-2H3,(H3,22,23,24). The average Bonchev–Trinajstić information content (AvgIpc) is 3.00. The molecule has 3 N–H and O–H groups in total. The van der Waals surface area contributed by atoms with E-state index in [9.17, 15) is 5.26 Å². The predicted octanol–water partition coefficient (Wildman–Crippen LogP) is 3.55. The second-order valence-electron chi connectivity index (χ2n) is 5.72. The van der Waals surface area contributed by atoms with Gasteiger partial charge in [-0.25, -0.2) is 0 Å². The molecule has 0 spiro atoms. The molecule has 1 heterocycles. The van der Waals surface area contributed by atoms with Crippen LogP contribution >= 0.6 is 0 Å². The van der Waals surface area contributed by atoms with Crippen LogP contribution < -0.4 is 10.6 Å². The second kappa shape index (κ2) is 8.56. The van der Waals surface area contributed by atoms with E-state index >= 15 is 0 Å². The Labute approximate surface area is 148 Å². The van der Waals surface area contributed by atoms with E-state index in [1.165, 1.54) is 5.69 Å². The lowest BCUT2D eigenvalue weighted by Crippen LogP contribution is -2.24. The Morgan fingerprint density at radius 1 is 1.20 bits per heavy atom. The molecule has 0 fully saturated rings. The topological polar surface area (TPSA) is 106 Å². The minimum absolute atomic E-state index is 0.101. The van der Waals surface area contributed by atoms with Crippen LogP contribution in [0.1, 0.15) is 43.5 Å². The molecule has 2 aromatic rings. The molecule has 0 aliphatic heterocycles. The third kappa shape index (κ3) is 4.19. The van der Waals surface area contributed by atoms with Crippen molar-refractivity contribution in [2.45, 2.75) is 26.7 Å². The molecule has 0 radical (unpaired) electrons. The number of hydrogen-bond donors (Lipinski definition) is 2. The number of nitrogen functional groups attached to an aromatic ring is 1. The van der Waals surface area contributed by atoms with Crippen LogP contribution in [0.4, 0.5) is 11.5 Å². The normalized spacial score (nSPS) is 11.0.